The summed E-state index contributed by atoms with van der Waals surface area (Å²) in [5.41, 5.74) is 2.91. The van der Waals surface area contributed by atoms with Gasteiger partial charge in [-0.1, -0.05) is 0 Å². The first-order valence-electron chi connectivity index (χ1n) is 3.04. The number of aromatic amines is 1. The summed E-state index contributed by atoms with van der Waals surface area (Å²) in [5.74, 6) is 0. The van der Waals surface area contributed by atoms with E-state index < -0.39 is 0 Å². The molecular formula is C7H6N3. The molecule has 0 saturated heterocycles. The lowest BCUT2D eigenvalue weighted by molar-refractivity contribution is 1.28. The lowest BCUT2D eigenvalue weighted by Gasteiger charge is -1.88. The summed E-state index contributed by atoms with van der Waals surface area (Å²) >= 11 is 0. The van der Waals surface area contributed by atoms with Crippen molar-refractivity contribution in [3.63, 3.8) is 0 Å². The maximum absolute atomic E-state index is 4.09. The molecule has 3 heteroatoms. The Morgan fingerprint density at radius 1 is 1.60 bits per heavy atom. The fraction of sp³-hybridized carbons (Fsp3) is 0.143. The minimum absolute atomic E-state index is 0.875. The van der Waals surface area contributed by atoms with Gasteiger partial charge in [0.15, 0.2) is 0 Å². The first kappa shape index (κ1) is 5.41. The van der Waals surface area contributed by atoms with E-state index in [0.29, 0.717) is 0 Å². The maximum Gasteiger partial charge on any atom is 0.117 e. The molecule has 0 aliphatic carbocycles. The van der Waals surface area contributed by atoms with E-state index in [4.69, 9.17) is 0 Å². The number of nitrogens with one attached hydrogen (secondary N) is 1. The van der Waals surface area contributed by atoms with E-state index in [0.717, 1.165) is 16.6 Å². The molecule has 2 rings (SSSR count). The largest absolute Gasteiger partial charge is 0.343 e. The van der Waals surface area contributed by atoms with E-state index in [-0.39, 0.29) is 0 Å². The Bertz CT molecular complexity index is 350. The predicted octanol–water partition coefficient (Wildman–Crippen LogP) is 1.07. The Labute approximate surface area is 58.1 Å². The molecule has 0 unspecified atom stereocenters. The Balaban J connectivity index is 2.95. The summed E-state index contributed by atoms with van der Waals surface area (Å²) in [4.78, 5) is 10.9. The zero-order valence-electron chi connectivity index (χ0n) is 5.55. The molecule has 1 N–H and O–H groups in total. The first-order valence-corrected chi connectivity index (χ1v) is 3.04. The van der Waals surface area contributed by atoms with E-state index >= 15 is 0 Å². The molecule has 1 radical (unpaired) electrons. The quantitative estimate of drug-likeness (QED) is 0.582. The summed E-state index contributed by atoms with van der Waals surface area (Å²) in [6.45, 7) is 1.98. The van der Waals surface area contributed by atoms with Crippen molar-refractivity contribution in [3.8, 4) is 0 Å². The standard InChI is InChI=1S/C7H6N3/c1-5-2-8-3-6-7(5)10-4-9-6/h2,4H,1H3,(H,9,10). The van der Waals surface area contributed by atoms with Crippen LogP contribution in [-0.4, -0.2) is 15.0 Å². The summed E-state index contributed by atoms with van der Waals surface area (Å²) in [6, 6.07) is 0. The number of aryl methyl sites for hydroxylation is 1. The molecule has 2 aromatic heterocycles. The number of pyridine rings is 1. The van der Waals surface area contributed by atoms with Gasteiger partial charge in [-0.05, 0) is 12.5 Å². The summed E-state index contributed by atoms with van der Waals surface area (Å²) in [7, 11) is 0. The van der Waals surface area contributed by atoms with Crippen molar-refractivity contribution in [2.24, 2.45) is 0 Å². The highest BCUT2D eigenvalue weighted by Crippen LogP contribution is 2.09. The lowest BCUT2D eigenvalue weighted by Crippen LogP contribution is -1.78. The van der Waals surface area contributed by atoms with Gasteiger partial charge in [-0.2, -0.15) is 0 Å². The monoisotopic (exact) mass is 132 g/mol. The van der Waals surface area contributed by atoms with Gasteiger partial charge in [0.05, 0.1) is 17.4 Å². The van der Waals surface area contributed by atoms with Crippen molar-refractivity contribution in [3.05, 3.63) is 24.3 Å². The highest BCUT2D eigenvalue weighted by atomic mass is 14.9. The minimum Gasteiger partial charge on any atom is -0.343 e. The highest BCUT2D eigenvalue weighted by molar-refractivity contribution is 5.75. The molecule has 0 aromatic carbocycles. The number of hydrogen-bond acceptors (Lipinski definition) is 2. The smallest absolute Gasteiger partial charge is 0.117 e. The van der Waals surface area contributed by atoms with Crippen LogP contribution in [0.5, 0.6) is 0 Å². The van der Waals surface area contributed by atoms with Gasteiger partial charge < -0.3 is 4.98 Å². The second-order valence-electron chi connectivity index (χ2n) is 2.18. The third kappa shape index (κ3) is 0.603. The summed E-state index contributed by atoms with van der Waals surface area (Å²) in [5, 5.41) is 0. The average molecular weight is 132 g/mol. The number of H-pyrrole nitrogens is 1. The van der Waals surface area contributed by atoms with Crippen LogP contribution in [0.15, 0.2) is 12.5 Å². The molecule has 2 aromatic rings. The Morgan fingerprint density at radius 3 is 3.30 bits per heavy atom. The maximum atomic E-state index is 4.09. The number of hydrogen-bond donors (Lipinski definition) is 1. The van der Waals surface area contributed by atoms with Crippen LogP contribution in [0.1, 0.15) is 5.56 Å². The van der Waals surface area contributed by atoms with Gasteiger partial charge in [0.25, 0.3) is 0 Å². The zero-order valence-corrected chi connectivity index (χ0v) is 5.55. The molecular weight excluding hydrogens is 126 g/mol. The second kappa shape index (κ2) is 1.80. The van der Waals surface area contributed by atoms with Crippen LogP contribution in [0.2, 0.25) is 0 Å². The van der Waals surface area contributed by atoms with E-state index in [1.54, 1.807) is 12.5 Å². The fourth-order valence-corrected chi connectivity index (χ4v) is 0.933. The van der Waals surface area contributed by atoms with Crippen LogP contribution in [0.4, 0.5) is 0 Å². The van der Waals surface area contributed by atoms with Gasteiger partial charge >= 0.3 is 0 Å². The van der Waals surface area contributed by atoms with E-state index in [1.807, 2.05) is 6.92 Å². The molecule has 0 aliphatic heterocycles. The number of fused-ring (bicyclic) bond motifs is 1. The van der Waals surface area contributed by atoms with Gasteiger partial charge in [0.2, 0.25) is 0 Å². The van der Waals surface area contributed by atoms with Crippen LogP contribution >= 0.6 is 0 Å². The third-order valence-corrected chi connectivity index (χ3v) is 1.45. The minimum atomic E-state index is 0.875. The zero-order chi connectivity index (χ0) is 6.97. The second-order valence-corrected chi connectivity index (χ2v) is 2.18. The van der Waals surface area contributed by atoms with Crippen LogP contribution in [0.3, 0.4) is 0 Å². The van der Waals surface area contributed by atoms with Crippen molar-refractivity contribution in [2.45, 2.75) is 6.92 Å². The van der Waals surface area contributed by atoms with Crippen molar-refractivity contribution in [1.29, 1.82) is 0 Å². The van der Waals surface area contributed by atoms with Crippen molar-refractivity contribution in [2.75, 3.05) is 0 Å². The van der Waals surface area contributed by atoms with E-state index in [1.165, 1.54) is 0 Å². The molecule has 3 nitrogen and oxygen atoms in total. The van der Waals surface area contributed by atoms with Gasteiger partial charge in [0, 0.05) is 6.20 Å². The molecule has 2 heterocycles. The first-order chi connectivity index (χ1) is 4.88. The van der Waals surface area contributed by atoms with E-state index in [9.17, 15) is 0 Å². The molecule has 0 atom stereocenters. The Kier molecular flexibility index (Phi) is 0.974. The molecule has 0 amide bonds. The van der Waals surface area contributed by atoms with Crippen LogP contribution in [-0.2, 0) is 0 Å². The molecule has 0 saturated carbocycles. The predicted molar refractivity (Wildman–Crippen MR) is 37.5 cm³/mol. The topological polar surface area (TPSA) is 41.6 Å². The molecule has 0 bridgehead atoms. The summed E-state index contributed by atoms with van der Waals surface area (Å²) < 4.78 is 0. The fourth-order valence-electron chi connectivity index (χ4n) is 0.933. The van der Waals surface area contributed by atoms with Crippen LogP contribution < -0.4 is 0 Å². The van der Waals surface area contributed by atoms with Crippen molar-refractivity contribution in [1.82, 2.24) is 15.0 Å². The van der Waals surface area contributed by atoms with Crippen molar-refractivity contribution < 1.29 is 0 Å². The highest BCUT2D eigenvalue weighted by Gasteiger charge is 1.97. The number of imidazole rings is 1. The molecule has 10 heavy (non-hydrogen) atoms. The number of nitrogens with zero attached hydrogens (tertiary/aromatic N) is 2. The molecule has 0 aliphatic rings. The Morgan fingerprint density at radius 2 is 2.50 bits per heavy atom. The van der Waals surface area contributed by atoms with Gasteiger partial charge in [0.1, 0.15) is 6.20 Å². The van der Waals surface area contributed by atoms with E-state index in [2.05, 4.69) is 21.1 Å². The van der Waals surface area contributed by atoms with Crippen LogP contribution in [0, 0.1) is 13.1 Å². The van der Waals surface area contributed by atoms with Crippen molar-refractivity contribution >= 4 is 11.0 Å². The SMILES string of the molecule is Cc1cn[c]c2[nH]cnc12. The lowest BCUT2D eigenvalue weighted by atomic mass is 10.3. The normalized spacial score (nSPS) is 10.5. The molecule has 49 valence electrons. The van der Waals surface area contributed by atoms with Gasteiger partial charge in [-0.25, -0.2) is 4.98 Å². The summed E-state index contributed by atoms with van der Waals surface area (Å²) in [6.07, 6.45) is 6.21. The molecule has 0 fully saturated rings. The number of rotatable bonds is 0. The van der Waals surface area contributed by atoms with Gasteiger partial charge in [-0.3, -0.25) is 4.98 Å². The molecule has 0 spiro atoms. The third-order valence-electron chi connectivity index (χ3n) is 1.45. The van der Waals surface area contributed by atoms with Crippen LogP contribution in [0.25, 0.3) is 11.0 Å². The van der Waals surface area contributed by atoms with Gasteiger partial charge in [-0.15, -0.1) is 0 Å². The number of aromatic nitrogens is 3. The average Bonchev–Trinajstić information content (AvgIpc) is 2.36. The Hall–Kier alpha value is -1.38.